The van der Waals surface area contributed by atoms with Gasteiger partial charge in [-0.3, -0.25) is 0 Å². The molecule has 2 heteroatoms. The first-order valence-corrected chi connectivity index (χ1v) is 6.22. The van der Waals surface area contributed by atoms with Crippen molar-refractivity contribution in [2.45, 2.75) is 18.7 Å². The number of benzene rings is 1. The van der Waals surface area contributed by atoms with Gasteiger partial charge in [0.05, 0.1) is 0 Å². The molecule has 1 aromatic rings. The Bertz CT molecular complexity index is 229. The van der Waals surface area contributed by atoms with Gasteiger partial charge in [0.2, 0.25) is 0 Å². The Morgan fingerprint density at radius 2 is 1.58 bits per heavy atom. The van der Waals surface area contributed by atoms with Crippen LogP contribution in [0.3, 0.4) is 0 Å². The maximum Gasteiger partial charge on any atom is 0.0124 e. The van der Waals surface area contributed by atoms with Crippen LogP contribution in [0, 0.1) is 0 Å². The Kier molecular flexibility index (Phi) is 3.18. The summed E-state index contributed by atoms with van der Waals surface area (Å²) in [6.45, 7) is 4.09. The minimum Gasteiger partial charge on any atom is -0.347 e. The molecule has 0 spiro atoms. The molecule has 0 unspecified atom stereocenters. The van der Waals surface area contributed by atoms with Gasteiger partial charge in [0.15, 0.2) is 0 Å². The van der Waals surface area contributed by atoms with Crippen LogP contribution >= 0.6 is 10.3 Å². The molecule has 0 saturated carbocycles. The van der Waals surface area contributed by atoms with Crippen molar-refractivity contribution in [1.82, 2.24) is 0 Å². The Balaban J connectivity index is 2.95. The van der Waals surface area contributed by atoms with E-state index in [2.05, 4.69) is 0 Å². The number of rotatable bonds is 3. The van der Waals surface area contributed by atoms with Crippen LogP contribution in [0.4, 0.5) is 0 Å². The topological polar surface area (TPSA) is 20.2 Å². The minimum atomic E-state index is -1.49. The van der Waals surface area contributed by atoms with Crippen molar-refractivity contribution >= 4 is 10.3 Å². The van der Waals surface area contributed by atoms with E-state index in [1.54, 1.807) is 0 Å². The van der Waals surface area contributed by atoms with E-state index in [0.717, 1.165) is 16.4 Å². The van der Waals surface area contributed by atoms with Crippen molar-refractivity contribution < 1.29 is 4.55 Å². The second-order valence-corrected chi connectivity index (χ2v) is 6.04. The Morgan fingerprint density at radius 3 is 2.00 bits per heavy atom. The monoisotopic (exact) mass is 184 g/mol. The molecule has 0 aromatic heterocycles. The van der Waals surface area contributed by atoms with Gasteiger partial charge >= 0.3 is 0 Å². The molecule has 12 heavy (non-hydrogen) atoms. The lowest BCUT2D eigenvalue weighted by molar-refractivity contribution is 0.626. The Morgan fingerprint density at radius 1 is 1.08 bits per heavy atom. The summed E-state index contributed by atoms with van der Waals surface area (Å²) in [6, 6.07) is 9.98. The SMILES string of the molecule is CCS(O)(CC)c1ccccc1. The van der Waals surface area contributed by atoms with E-state index in [0.29, 0.717) is 0 Å². The van der Waals surface area contributed by atoms with Gasteiger partial charge in [-0.2, -0.15) is 0 Å². The summed E-state index contributed by atoms with van der Waals surface area (Å²) in [6.07, 6.45) is 0. The largest absolute Gasteiger partial charge is 0.347 e. The van der Waals surface area contributed by atoms with Crippen LogP contribution in [0.2, 0.25) is 0 Å². The molecule has 0 aliphatic carbocycles. The third-order valence-corrected chi connectivity index (χ3v) is 5.20. The summed E-state index contributed by atoms with van der Waals surface area (Å²) in [5.41, 5.74) is 0. The Labute approximate surface area is 76.0 Å². The summed E-state index contributed by atoms with van der Waals surface area (Å²) in [4.78, 5) is 1.11. The predicted molar refractivity (Wildman–Crippen MR) is 56.0 cm³/mol. The van der Waals surface area contributed by atoms with Gasteiger partial charge in [-0.05, 0) is 12.1 Å². The molecule has 0 heterocycles. The number of hydrogen-bond donors (Lipinski definition) is 1. The van der Waals surface area contributed by atoms with Gasteiger partial charge in [0, 0.05) is 16.4 Å². The minimum absolute atomic E-state index is 0.855. The molecule has 0 fully saturated rings. The zero-order chi connectivity index (χ0) is 9.03. The van der Waals surface area contributed by atoms with Gasteiger partial charge in [-0.1, -0.05) is 32.0 Å². The van der Waals surface area contributed by atoms with Crippen molar-refractivity contribution in [3.8, 4) is 0 Å². The summed E-state index contributed by atoms with van der Waals surface area (Å²) in [5, 5.41) is 0. The molecule has 0 radical (unpaired) electrons. The summed E-state index contributed by atoms with van der Waals surface area (Å²) < 4.78 is 10.2. The van der Waals surface area contributed by atoms with Crippen molar-refractivity contribution in [1.29, 1.82) is 0 Å². The van der Waals surface area contributed by atoms with E-state index in [4.69, 9.17) is 0 Å². The molecular weight excluding hydrogens is 168 g/mol. The highest BCUT2D eigenvalue weighted by atomic mass is 32.3. The fraction of sp³-hybridized carbons (Fsp3) is 0.400. The highest BCUT2D eigenvalue weighted by molar-refractivity contribution is 8.29. The van der Waals surface area contributed by atoms with Crippen molar-refractivity contribution in [3.05, 3.63) is 30.3 Å². The molecule has 0 saturated heterocycles. The van der Waals surface area contributed by atoms with E-state index in [-0.39, 0.29) is 0 Å². The van der Waals surface area contributed by atoms with Gasteiger partial charge in [-0.25, -0.2) is 0 Å². The lowest BCUT2D eigenvalue weighted by Crippen LogP contribution is -2.04. The molecule has 1 nitrogen and oxygen atoms in total. The molecule has 0 amide bonds. The summed E-state index contributed by atoms with van der Waals surface area (Å²) >= 11 is 0. The maximum atomic E-state index is 10.2. The highest BCUT2D eigenvalue weighted by Crippen LogP contribution is 2.50. The van der Waals surface area contributed by atoms with Gasteiger partial charge in [0.25, 0.3) is 0 Å². The average Bonchev–Trinajstić information content (AvgIpc) is 2.18. The molecule has 68 valence electrons. The lowest BCUT2D eigenvalue weighted by Gasteiger charge is -2.31. The summed E-state index contributed by atoms with van der Waals surface area (Å²) in [5.74, 6) is 1.71. The van der Waals surface area contributed by atoms with Crippen LogP contribution in [0.5, 0.6) is 0 Å². The zero-order valence-electron chi connectivity index (χ0n) is 7.66. The second kappa shape index (κ2) is 3.97. The van der Waals surface area contributed by atoms with Crippen LogP contribution in [0.25, 0.3) is 0 Å². The van der Waals surface area contributed by atoms with Gasteiger partial charge in [-0.15, -0.1) is 10.3 Å². The summed E-state index contributed by atoms with van der Waals surface area (Å²) in [7, 11) is -1.49. The normalized spacial score (nSPS) is 12.9. The second-order valence-electron chi connectivity index (χ2n) is 2.73. The van der Waals surface area contributed by atoms with Crippen molar-refractivity contribution in [3.63, 3.8) is 0 Å². The first-order chi connectivity index (χ1) is 5.73. The molecule has 0 atom stereocenters. The standard InChI is InChI=1S/C10H16OS/c1-3-12(11,4-2)10-8-6-5-7-9-10/h5-9,11H,3-4H2,1-2H3. The zero-order valence-corrected chi connectivity index (χ0v) is 8.47. The Hall–Kier alpha value is -0.470. The fourth-order valence-electron chi connectivity index (χ4n) is 1.21. The van der Waals surface area contributed by atoms with E-state index in [1.807, 2.05) is 44.2 Å². The van der Waals surface area contributed by atoms with Gasteiger partial charge in [0.1, 0.15) is 0 Å². The quantitative estimate of drug-likeness (QED) is 0.763. The average molecular weight is 184 g/mol. The smallest absolute Gasteiger partial charge is 0.0124 e. The van der Waals surface area contributed by atoms with Crippen LogP contribution in [-0.4, -0.2) is 16.1 Å². The van der Waals surface area contributed by atoms with Crippen molar-refractivity contribution in [2.24, 2.45) is 0 Å². The van der Waals surface area contributed by atoms with E-state index in [9.17, 15) is 4.55 Å². The first kappa shape index (κ1) is 9.62. The molecule has 0 aliphatic rings. The number of hydrogen-bond acceptors (Lipinski definition) is 1. The van der Waals surface area contributed by atoms with Gasteiger partial charge < -0.3 is 4.55 Å². The molecule has 0 aliphatic heterocycles. The molecule has 1 rings (SSSR count). The molecule has 1 aromatic carbocycles. The van der Waals surface area contributed by atoms with Crippen LogP contribution in [-0.2, 0) is 0 Å². The van der Waals surface area contributed by atoms with E-state index in [1.165, 1.54) is 0 Å². The van der Waals surface area contributed by atoms with Crippen LogP contribution < -0.4 is 0 Å². The molecular formula is C10H16OS. The fourth-order valence-corrected chi connectivity index (χ4v) is 2.95. The van der Waals surface area contributed by atoms with Crippen molar-refractivity contribution in [2.75, 3.05) is 11.5 Å². The first-order valence-electron chi connectivity index (χ1n) is 4.29. The highest BCUT2D eigenvalue weighted by Gasteiger charge is 2.17. The van der Waals surface area contributed by atoms with Crippen LogP contribution in [0.15, 0.2) is 35.2 Å². The van der Waals surface area contributed by atoms with E-state index < -0.39 is 10.3 Å². The third-order valence-electron chi connectivity index (χ3n) is 2.14. The predicted octanol–water partition coefficient (Wildman–Crippen LogP) is 3.36. The third kappa shape index (κ3) is 1.82. The van der Waals surface area contributed by atoms with Crippen LogP contribution in [0.1, 0.15) is 13.8 Å². The molecule has 0 bridgehead atoms. The van der Waals surface area contributed by atoms with E-state index >= 15 is 0 Å². The molecule has 1 N–H and O–H groups in total. The lowest BCUT2D eigenvalue weighted by atomic mass is 10.4. The maximum absolute atomic E-state index is 10.2.